The fourth-order valence-corrected chi connectivity index (χ4v) is 4.33. The zero-order valence-corrected chi connectivity index (χ0v) is 20.1. The number of unbranched alkanes of at least 4 members (excludes halogenated alkanes) is 2. The second kappa shape index (κ2) is 10.5. The number of nitrogens with zero attached hydrogens (tertiary/aromatic N) is 3. The summed E-state index contributed by atoms with van der Waals surface area (Å²) in [6.07, 6.45) is 5.01. The Morgan fingerprint density at radius 1 is 1.12 bits per heavy atom. The van der Waals surface area contributed by atoms with Crippen molar-refractivity contribution in [3.05, 3.63) is 62.9 Å². The standard InChI is InChI=1S/C25H25N3O5S/c1-4-5-8-13-32-20-12-11-17(14-21(20)31-3)15-22-24(30)28-25(34-22)26-23(27-28)18-9-6-7-10-19(18)33-16(2)29/h6-7,9-12,14-15H,4-5,8,13H2,1-3H3/b22-15-. The van der Waals surface area contributed by atoms with Gasteiger partial charge in [-0.05, 0) is 42.3 Å². The van der Waals surface area contributed by atoms with Crippen molar-refractivity contribution >= 4 is 28.3 Å². The van der Waals surface area contributed by atoms with Crippen molar-refractivity contribution in [2.45, 2.75) is 33.1 Å². The van der Waals surface area contributed by atoms with Crippen molar-refractivity contribution in [3.63, 3.8) is 0 Å². The van der Waals surface area contributed by atoms with Gasteiger partial charge in [-0.2, -0.15) is 9.50 Å². The van der Waals surface area contributed by atoms with Gasteiger partial charge in [0.05, 0.1) is 23.8 Å². The van der Waals surface area contributed by atoms with Gasteiger partial charge >= 0.3 is 5.97 Å². The SMILES string of the molecule is CCCCCOc1ccc(/C=c2\sc3nc(-c4ccccc4OC(C)=O)nn3c2=O)cc1OC. The first-order valence-electron chi connectivity index (χ1n) is 11.0. The fourth-order valence-electron chi connectivity index (χ4n) is 3.42. The van der Waals surface area contributed by atoms with E-state index in [4.69, 9.17) is 14.2 Å². The van der Waals surface area contributed by atoms with Gasteiger partial charge in [0.2, 0.25) is 4.96 Å². The van der Waals surface area contributed by atoms with Gasteiger partial charge in [-0.1, -0.05) is 49.3 Å². The van der Waals surface area contributed by atoms with Gasteiger partial charge in [-0.3, -0.25) is 9.59 Å². The lowest BCUT2D eigenvalue weighted by atomic mass is 10.2. The number of ether oxygens (including phenoxy) is 3. The molecule has 0 aliphatic carbocycles. The van der Waals surface area contributed by atoms with Gasteiger partial charge in [-0.15, -0.1) is 5.10 Å². The van der Waals surface area contributed by atoms with E-state index in [2.05, 4.69) is 17.0 Å². The Hall–Kier alpha value is -3.72. The van der Waals surface area contributed by atoms with Gasteiger partial charge in [-0.25, -0.2) is 0 Å². The number of aromatic nitrogens is 3. The molecule has 0 amide bonds. The number of fused-ring (bicyclic) bond motifs is 1. The number of carbonyl (C=O) groups is 1. The van der Waals surface area contributed by atoms with Crippen molar-refractivity contribution in [2.75, 3.05) is 13.7 Å². The lowest BCUT2D eigenvalue weighted by molar-refractivity contribution is -0.131. The first-order valence-corrected chi connectivity index (χ1v) is 11.8. The largest absolute Gasteiger partial charge is 0.493 e. The van der Waals surface area contributed by atoms with Crippen molar-refractivity contribution in [1.29, 1.82) is 0 Å². The summed E-state index contributed by atoms with van der Waals surface area (Å²) in [7, 11) is 1.59. The molecule has 0 unspecified atom stereocenters. The number of para-hydroxylation sites is 1. The minimum Gasteiger partial charge on any atom is -0.493 e. The molecule has 0 spiro atoms. The quantitative estimate of drug-likeness (QED) is 0.204. The van der Waals surface area contributed by atoms with Crippen LogP contribution >= 0.6 is 11.3 Å². The van der Waals surface area contributed by atoms with Crippen LogP contribution in [-0.4, -0.2) is 34.3 Å². The molecule has 9 heteroatoms. The summed E-state index contributed by atoms with van der Waals surface area (Å²) < 4.78 is 18.3. The number of carbonyl (C=O) groups excluding carboxylic acids is 1. The molecule has 2 aromatic carbocycles. The van der Waals surface area contributed by atoms with E-state index in [0.717, 1.165) is 24.8 Å². The maximum absolute atomic E-state index is 13.0. The average molecular weight is 480 g/mol. The minimum atomic E-state index is -0.442. The molecule has 2 aromatic heterocycles. The Morgan fingerprint density at radius 3 is 2.68 bits per heavy atom. The maximum Gasteiger partial charge on any atom is 0.308 e. The molecule has 0 aliphatic heterocycles. The molecule has 0 bridgehead atoms. The summed E-state index contributed by atoms with van der Waals surface area (Å²) in [5.74, 6) is 1.51. The highest BCUT2D eigenvalue weighted by Gasteiger charge is 2.16. The zero-order valence-electron chi connectivity index (χ0n) is 19.2. The van der Waals surface area contributed by atoms with Crippen molar-refractivity contribution in [1.82, 2.24) is 14.6 Å². The molecule has 34 heavy (non-hydrogen) atoms. The summed E-state index contributed by atoms with van der Waals surface area (Å²) in [5, 5.41) is 4.36. The topological polar surface area (TPSA) is 92.0 Å². The molecule has 0 atom stereocenters. The molecule has 0 fully saturated rings. The molecule has 176 valence electrons. The van der Waals surface area contributed by atoms with E-state index in [1.54, 1.807) is 37.5 Å². The first-order chi connectivity index (χ1) is 16.5. The number of hydrogen-bond donors (Lipinski definition) is 0. The van der Waals surface area contributed by atoms with Gasteiger partial charge in [0.25, 0.3) is 5.56 Å². The van der Waals surface area contributed by atoms with Crippen LogP contribution < -0.4 is 24.3 Å². The van der Waals surface area contributed by atoms with Crippen molar-refractivity contribution in [3.8, 4) is 28.6 Å². The predicted octanol–water partition coefficient (Wildman–Crippen LogP) is 3.87. The second-order valence-corrected chi connectivity index (χ2v) is 8.61. The third-order valence-corrected chi connectivity index (χ3v) is 6.01. The zero-order chi connectivity index (χ0) is 24.1. The third kappa shape index (κ3) is 5.09. The van der Waals surface area contributed by atoms with Gasteiger partial charge < -0.3 is 14.2 Å². The van der Waals surface area contributed by atoms with E-state index in [9.17, 15) is 9.59 Å². The molecule has 0 radical (unpaired) electrons. The van der Waals surface area contributed by atoms with Gasteiger partial charge in [0.15, 0.2) is 17.3 Å². The Labute approximate surface area is 200 Å². The summed E-state index contributed by atoms with van der Waals surface area (Å²) >= 11 is 1.23. The van der Waals surface area contributed by atoms with Crippen LogP contribution in [0.15, 0.2) is 47.3 Å². The number of methoxy groups -OCH3 is 1. The maximum atomic E-state index is 13.0. The minimum absolute atomic E-state index is 0.275. The lowest BCUT2D eigenvalue weighted by Crippen LogP contribution is -2.23. The van der Waals surface area contributed by atoms with Crippen LogP contribution in [0.2, 0.25) is 0 Å². The van der Waals surface area contributed by atoms with Crippen LogP contribution in [0.3, 0.4) is 0 Å². The Bertz CT molecular complexity index is 1430. The molecule has 4 rings (SSSR count). The molecule has 0 N–H and O–H groups in total. The Morgan fingerprint density at radius 2 is 1.94 bits per heavy atom. The van der Waals surface area contributed by atoms with Crippen LogP contribution in [0.5, 0.6) is 17.2 Å². The number of esters is 1. The molecule has 4 aromatic rings. The summed E-state index contributed by atoms with van der Waals surface area (Å²) in [6, 6.07) is 12.5. The van der Waals surface area contributed by atoms with Crippen LogP contribution in [-0.2, 0) is 4.79 Å². The van der Waals surface area contributed by atoms with Crippen LogP contribution in [0.1, 0.15) is 38.7 Å². The summed E-state index contributed by atoms with van der Waals surface area (Å²) in [4.78, 5) is 29.3. The molecule has 0 saturated carbocycles. The third-order valence-electron chi connectivity index (χ3n) is 5.05. The molecule has 0 saturated heterocycles. The van der Waals surface area contributed by atoms with Gasteiger partial charge in [0.1, 0.15) is 5.75 Å². The van der Waals surface area contributed by atoms with Crippen LogP contribution in [0.25, 0.3) is 22.4 Å². The Balaban J connectivity index is 1.63. The highest BCUT2D eigenvalue weighted by molar-refractivity contribution is 7.15. The molecular formula is C25H25N3O5S. The number of benzene rings is 2. The number of hydrogen-bond acceptors (Lipinski definition) is 8. The molecule has 0 aliphatic rings. The monoisotopic (exact) mass is 479 g/mol. The first kappa shape index (κ1) is 23.4. The van der Waals surface area contributed by atoms with E-state index < -0.39 is 5.97 Å². The average Bonchev–Trinajstić information content (AvgIpc) is 3.36. The molecular weight excluding hydrogens is 454 g/mol. The normalized spacial score (nSPS) is 11.7. The smallest absolute Gasteiger partial charge is 0.308 e. The molecule has 2 heterocycles. The number of thiazole rings is 1. The van der Waals surface area contributed by atoms with E-state index >= 15 is 0 Å². The fraction of sp³-hybridized carbons (Fsp3) is 0.280. The van der Waals surface area contributed by atoms with Crippen molar-refractivity contribution < 1.29 is 19.0 Å². The molecule has 8 nitrogen and oxygen atoms in total. The van der Waals surface area contributed by atoms with E-state index in [0.29, 0.717) is 44.7 Å². The summed E-state index contributed by atoms with van der Waals surface area (Å²) in [5.41, 5.74) is 1.07. The Kier molecular flexibility index (Phi) is 7.22. The van der Waals surface area contributed by atoms with E-state index in [1.165, 1.54) is 22.8 Å². The van der Waals surface area contributed by atoms with E-state index in [1.807, 2.05) is 18.2 Å². The van der Waals surface area contributed by atoms with Crippen LogP contribution in [0.4, 0.5) is 0 Å². The van der Waals surface area contributed by atoms with Crippen molar-refractivity contribution in [2.24, 2.45) is 0 Å². The van der Waals surface area contributed by atoms with E-state index in [-0.39, 0.29) is 5.56 Å². The number of rotatable bonds is 9. The highest BCUT2D eigenvalue weighted by atomic mass is 32.1. The lowest BCUT2D eigenvalue weighted by Gasteiger charge is -2.11. The highest BCUT2D eigenvalue weighted by Crippen LogP contribution is 2.29. The van der Waals surface area contributed by atoms with Crippen LogP contribution in [0, 0.1) is 0 Å². The second-order valence-electron chi connectivity index (χ2n) is 7.60. The predicted molar refractivity (Wildman–Crippen MR) is 131 cm³/mol. The summed E-state index contributed by atoms with van der Waals surface area (Å²) in [6.45, 7) is 4.11. The van der Waals surface area contributed by atoms with Gasteiger partial charge in [0, 0.05) is 6.92 Å².